The molecule has 2 aromatic heterocycles. The highest BCUT2D eigenvalue weighted by Crippen LogP contribution is 2.10. The maximum Gasteiger partial charge on any atom is 0.119 e. The predicted octanol–water partition coefficient (Wildman–Crippen LogP) is 3.38. The standard InChI is InChI=1S/C13H16N2O.C8H14N2O/c1-11-13(15-10-14-11)8-5-9-16-12-6-3-2-4-7-12;1-7-8(4-3-5-11)9-6-10(7)2/h2-4,6-7,10H,5,8-9H2,1H3,(H,14,15);6,11H,3-5H2,1-2H3. The van der Waals surface area contributed by atoms with E-state index in [0.29, 0.717) is 0 Å². The van der Waals surface area contributed by atoms with Crippen molar-refractivity contribution in [3.63, 3.8) is 0 Å². The minimum Gasteiger partial charge on any atom is -0.494 e. The predicted molar refractivity (Wildman–Crippen MR) is 107 cm³/mol. The minimum atomic E-state index is 0.246. The Morgan fingerprint density at radius 2 is 1.78 bits per heavy atom. The Kier molecular flexibility index (Phi) is 8.58. The number of ether oxygens (including phenoxy) is 1. The zero-order valence-electron chi connectivity index (χ0n) is 16.5. The number of hydrogen-bond acceptors (Lipinski definition) is 4. The molecule has 1 aromatic carbocycles. The van der Waals surface area contributed by atoms with Gasteiger partial charge in [-0.1, -0.05) is 18.2 Å². The Labute approximate surface area is 161 Å². The van der Waals surface area contributed by atoms with Crippen molar-refractivity contribution in [3.05, 3.63) is 65.8 Å². The summed E-state index contributed by atoms with van der Waals surface area (Å²) >= 11 is 0. The molecule has 0 amide bonds. The van der Waals surface area contributed by atoms with Gasteiger partial charge in [0.2, 0.25) is 0 Å². The maximum atomic E-state index is 8.59. The molecule has 0 saturated carbocycles. The summed E-state index contributed by atoms with van der Waals surface area (Å²) in [6, 6.07) is 9.89. The fraction of sp³-hybridized carbons (Fsp3) is 0.429. The number of aromatic amines is 1. The molecule has 0 bridgehead atoms. The average molecular weight is 370 g/mol. The van der Waals surface area contributed by atoms with E-state index in [1.54, 1.807) is 6.33 Å². The maximum absolute atomic E-state index is 8.59. The van der Waals surface area contributed by atoms with E-state index in [0.717, 1.165) is 55.1 Å². The van der Waals surface area contributed by atoms with Gasteiger partial charge < -0.3 is 19.4 Å². The normalized spacial score (nSPS) is 10.4. The monoisotopic (exact) mass is 370 g/mol. The molecule has 3 aromatic rings. The van der Waals surface area contributed by atoms with E-state index >= 15 is 0 Å². The van der Waals surface area contributed by atoms with Crippen molar-refractivity contribution in [2.75, 3.05) is 13.2 Å². The van der Waals surface area contributed by atoms with Crippen LogP contribution in [-0.2, 0) is 19.9 Å². The van der Waals surface area contributed by atoms with E-state index in [2.05, 4.69) is 15.0 Å². The Morgan fingerprint density at radius 1 is 1.04 bits per heavy atom. The molecule has 0 unspecified atom stereocenters. The van der Waals surface area contributed by atoms with Crippen molar-refractivity contribution < 1.29 is 9.84 Å². The quantitative estimate of drug-likeness (QED) is 0.596. The first-order valence-electron chi connectivity index (χ1n) is 9.36. The third-order valence-corrected chi connectivity index (χ3v) is 4.41. The van der Waals surface area contributed by atoms with Crippen molar-refractivity contribution in [2.24, 2.45) is 7.05 Å². The number of para-hydroxylation sites is 1. The number of aryl methyl sites for hydroxylation is 4. The van der Waals surface area contributed by atoms with Gasteiger partial charge >= 0.3 is 0 Å². The second-order valence-corrected chi connectivity index (χ2v) is 6.45. The molecule has 146 valence electrons. The van der Waals surface area contributed by atoms with Crippen LogP contribution in [0.3, 0.4) is 0 Å². The van der Waals surface area contributed by atoms with Gasteiger partial charge in [-0.25, -0.2) is 9.97 Å². The van der Waals surface area contributed by atoms with Crippen molar-refractivity contribution in [1.29, 1.82) is 0 Å². The summed E-state index contributed by atoms with van der Waals surface area (Å²) in [5.41, 5.74) is 4.58. The number of rotatable bonds is 8. The first-order valence-corrected chi connectivity index (χ1v) is 9.36. The number of nitrogens with one attached hydrogen (secondary N) is 1. The average Bonchev–Trinajstić information content (AvgIpc) is 3.24. The molecule has 3 rings (SSSR count). The first-order chi connectivity index (χ1) is 13.1. The molecule has 0 radical (unpaired) electrons. The lowest BCUT2D eigenvalue weighted by atomic mass is 10.2. The molecule has 2 N–H and O–H groups in total. The second-order valence-electron chi connectivity index (χ2n) is 6.45. The highest BCUT2D eigenvalue weighted by molar-refractivity contribution is 5.20. The summed E-state index contributed by atoms with van der Waals surface area (Å²) < 4.78 is 7.60. The van der Waals surface area contributed by atoms with Gasteiger partial charge in [0.15, 0.2) is 0 Å². The van der Waals surface area contributed by atoms with Crippen LogP contribution in [0.2, 0.25) is 0 Å². The molecule has 0 spiro atoms. The summed E-state index contributed by atoms with van der Waals surface area (Å²) in [6.07, 6.45) is 7.18. The van der Waals surface area contributed by atoms with E-state index in [1.807, 2.05) is 62.1 Å². The number of aliphatic hydroxyl groups excluding tert-OH is 1. The van der Waals surface area contributed by atoms with Crippen molar-refractivity contribution in [2.45, 2.75) is 39.5 Å². The minimum absolute atomic E-state index is 0.246. The van der Waals surface area contributed by atoms with Crippen LogP contribution in [0.15, 0.2) is 43.0 Å². The van der Waals surface area contributed by atoms with Gasteiger partial charge in [-0.2, -0.15) is 0 Å². The number of hydrogen-bond donors (Lipinski definition) is 2. The molecule has 0 aliphatic heterocycles. The van der Waals surface area contributed by atoms with E-state index in [9.17, 15) is 0 Å². The number of nitrogens with zero attached hydrogens (tertiary/aromatic N) is 3. The third kappa shape index (κ3) is 6.90. The van der Waals surface area contributed by atoms with Gasteiger partial charge in [0.1, 0.15) is 5.75 Å². The highest BCUT2D eigenvalue weighted by Gasteiger charge is 2.02. The fourth-order valence-corrected chi connectivity index (χ4v) is 2.62. The Hall–Kier alpha value is -2.60. The summed E-state index contributed by atoms with van der Waals surface area (Å²) in [5, 5.41) is 8.59. The summed E-state index contributed by atoms with van der Waals surface area (Å²) in [5.74, 6) is 0.932. The van der Waals surface area contributed by atoms with Crippen LogP contribution in [0.1, 0.15) is 35.6 Å². The van der Waals surface area contributed by atoms with Crippen LogP contribution >= 0.6 is 0 Å². The third-order valence-electron chi connectivity index (χ3n) is 4.41. The first kappa shape index (κ1) is 20.7. The zero-order valence-corrected chi connectivity index (χ0v) is 16.5. The smallest absolute Gasteiger partial charge is 0.119 e. The number of imidazole rings is 2. The van der Waals surface area contributed by atoms with Crippen LogP contribution in [-0.4, -0.2) is 37.8 Å². The molecule has 6 heteroatoms. The molecule has 0 aliphatic carbocycles. The van der Waals surface area contributed by atoms with Crippen molar-refractivity contribution in [3.8, 4) is 5.75 Å². The summed E-state index contributed by atoms with van der Waals surface area (Å²) in [6.45, 7) is 5.06. The number of aromatic nitrogens is 4. The molecule has 27 heavy (non-hydrogen) atoms. The Morgan fingerprint density at radius 3 is 2.37 bits per heavy atom. The molecular formula is C21H30N4O2. The second kappa shape index (κ2) is 11.2. The largest absolute Gasteiger partial charge is 0.494 e. The SMILES string of the molecule is Cc1[nH]cnc1CCCOc1ccccc1.Cc1c(CCCO)ncn1C. The molecule has 2 heterocycles. The highest BCUT2D eigenvalue weighted by atomic mass is 16.5. The molecule has 6 nitrogen and oxygen atoms in total. The lowest BCUT2D eigenvalue weighted by Crippen LogP contribution is -2.00. The molecule has 0 atom stereocenters. The van der Waals surface area contributed by atoms with Crippen LogP contribution in [0.25, 0.3) is 0 Å². The number of benzene rings is 1. The molecule has 0 fully saturated rings. The van der Waals surface area contributed by atoms with E-state index < -0.39 is 0 Å². The lowest BCUT2D eigenvalue weighted by molar-refractivity contribution is 0.288. The lowest BCUT2D eigenvalue weighted by Gasteiger charge is -2.04. The topological polar surface area (TPSA) is 76.0 Å². The van der Waals surface area contributed by atoms with Crippen molar-refractivity contribution >= 4 is 0 Å². The summed E-state index contributed by atoms with van der Waals surface area (Å²) in [4.78, 5) is 11.5. The van der Waals surface area contributed by atoms with Gasteiger partial charge in [-0.15, -0.1) is 0 Å². The van der Waals surface area contributed by atoms with Gasteiger partial charge in [0.05, 0.1) is 30.6 Å². The summed E-state index contributed by atoms with van der Waals surface area (Å²) in [7, 11) is 1.98. The molecule has 0 saturated heterocycles. The number of H-pyrrole nitrogens is 1. The van der Waals surface area contributed by atoms with Crippen LogP contribution in [0, 0.1) is 13.8 Å². The number of aliphatic hydroxyl groups is 1. The van der Waals surface area contributed by atoms with Gasteiger partial charge in [-0.3, -0.25) is 0 Å². The molecule has 0 aliphatic rings. The van der Waals surface area contributed by atoms with Crippen molar-refractivity contribution in [1.82, 2.24) is 19.5 Å². The van der Waals surface area contributed by atoms with E-state index in [4.69, 9.17) is 9.84 Å². The Bertz CT molecular complexity index is 781. The van der Waals surface area contributed by atoms with Crippen LogP contribution in [0.5, 0.6) is 5.75 Å². The van der Waals surface area contributed by atoms with Crippen LogP contribution < -0.4 is 4.74 Å². The van der Waals surface area contributed by atoms with E-state index in [1.165, 1.54) is 5.69 Å². The van der Waals surface area contributed by atoms with Crippen LogP contribution in [0.4, 0.5) is 0 Å². The van der Waals surface area contributed by atoms with Gasteiger partial charge in [-0.05, 0) is 51.7 Å². The fourth-order valence-electron chi connectivity index (χ4n) is 2.62. The molecular weight excluding hydrogens is 340 g/mol. The zero-order chi connectivity index (χ0) is 19.5. The van der Waals surface area contributed by atoms with Gasteiger partial charge in [0, 0.05) is 25.0 Å². The Balaban J connectivity index is 0.000000208. The van der Waals surface area contributed by atoms with Gasteiger partial charge in [0.25, 0.3) is 0 Å². The van der Waals surface area contributed by atoms with E-state index in [-0.39, 0.29) is 6.61 Å².